The molecule has 0 saturated carbocycles. The second kappa shape index (κ2) is 37.7. The summed E-state index contributed by atoms with van der Waals surface area (Å²) in [5, 5.41) is 0. The zero-order valence-electron chi connectivity index (χ0n) is 31.8. The predicted molar refractivity (Wildman–Crippen MR) is 210 cm³/mol. The molecule has 1 saturated heterocycles. The summed E-state index contributed by atoms with van der Waals surface area (Å²) < 4.78 is 12.6. The Morgan fingerprint density at radius 3 is 1.38 bits per heavy atom. The van der Waals surface area contributed by atoms with Crippen LogP contribution in [0.4, 0.5) is 0 Å². The number of nitrogens with zero attached hydrogens (tertiary/aromatic N) is 1. The molecule has 47 heavy (non-hydrogen) atoms. The summed E-state index contributed by atoms with van der Waals surface area (Å²) in [5.41, 5.74) is 0. The van der Waals surface area contributed by atoms with Crippen molar-refractivity contribution in [2.75, 3.05) is 39.5 Å². The molecule has 1 aliphatic heterocycles. The Balaban J connectivity index is 2.01. The van der Waals surface area contributed by atoms with Crippen LogP contribution in [0.5, 0.6) is 0 Å². The van der Waals surface area contributed by atoms with E-state index in [-0.39, 0.29) is 6.10 Å². The zero-order valence-corrected chi connectivity index (χ0v) is 31.8. The monoisotopic (exact) mass is 656 g/mol. The number of hydrogen-bond donors (Lipinski definition) is 0. The molecule has 0 spiro atoms. The fourth-order valence-corrected chi connectivity index (χ4v) is 6.33. The van der Waals surface area contributed by atoms with E-state index in [2.05, 4.69) is 67.4 Å². The lowest BCUT2D eigenvalue weighted by Crippen LogP contribution is -2.39. The SMILES string of the molecule is CCCCC/C=C\C/C=C\CCCCCCCCOCC(CN1CCCCC1)OCCCCCCCC/C=C\C/C=C\CCCCC. The zero-order chi connectivity index (χ0) is 33.6. The lowest BCUT2D eigenvalue weighted by Gasteiger charge is -2.30. The van der Waals surface area contributed by atoms with Crippen molar-refractivity contribution in [2.24, 2.45) is 0 Å². The molecule has 1 heterocycles. The summed E-state index contributed by atoms with van der Waals surface area (Å²) >= 11 is 0. The number of ether oxygens (including phenoxy) is 2. The molecule has 0 aromatic rings. The highest BCUT2D eigenvalue weighted by Crippen LogP contribution is 2.13. The van der Waals surface area contributed by atoms with Gasteiger partial charge in [0.25, 0.3) is 0 Å². The van der Waals surface area contributed by atoms with Crippen LogP contribution in [0.25, 0.3) is 0 Å². The first-order valence-corrected chi connectivity index (χ1v) is 20.9. The second-order valence-electron chi connectivity index (χ2n) is 14.1. The molecule has 1 rings (SSSR count). The summed E-state index contributed by atoms with van der Waals surface area (Å²) in [5.74, 6) is 0. The maximum atomic E-state index is 6.41. The summed E-state index contributed by atoms with van der Waals surface area (Å²) in [4.78, 5) is 2.61. The van der Waals surface area contributed by atoms with Crippen molar-refractivity contribution in [3.8, 4) is 0 Å². The molecule has 1 fully saturated rings. The van der Waals surface area contributed by atoms with Crippen LogP contribution >= 0.6 is 0 Å². The maximum absolute atomic E-state index is 6.41. The minimum Gasteiger partial charge on any atom is -0.379 e. The largest absolute Gasteiger partial charge is 0.379 e. The van der Waals surface area contributed by atoms with Gasteiger partial charge in [0, 0.05) is 19.8 Å². The van der Waals surface area contributed by atoms with E-state index in [0.717, 1.165) is 39.2 Å². The third-order valence-corrected chi connectivity index (χ3v) is 9.40. The highest BCUT2D eigenvalue weighted by Gasteiger charge is 2.17. The van der Waals surface area contributed by atoms with Gasteiger partial charge in [0.2, 0.25) is 0 Å². The van der Waals surface area contributed by atoms with Gasteiger partial charge in [0.05, 0.1) is 12.7 Å². The smallest absolute Gasteiger partial charge is 0.0934 e. The molecule has 0 N–H and O–H groups in total. The summed E-state index contributed by atoms with van der Waals surface area (Å²) in [6.45, 7) is 10.6. The summed E-state index contributed by atoms with van der Waals surface area (Å²) in [7, 11) is 0. The van der Waals surface area contributed by atoms with Crippen molar-refractivity contribution in [3.05, 3.63) is 48.6 Å². The molecule has 3 nitrogen and oxygen atoms in total. The average molecular weight is 656 g/mol. The number of piperidine rings is 1. The Morgan fingerprint density at radius 1 is 0.468 bits per heavy atom. The standard InChI is InChI=1S/C44H81NO2/c1-3-5-7-9-11-13-15-17-19-21-23-25-27-29-31-36-40-46-43-44(42-45-38-34-33-35-39-45)47-41-37-32-30-28-26-24-22-20-18-16-14-12-10-8-6-4-2/h11-14,17-20,44H,3-10,15-16,21-43H2,1-2H3/b13-11-,14-12-,19-17-,20-18-. The fraction of sp³-hybridized carbons (Fsp3) is 0.818. The van der Waals surface area contributed by atoms with Crippen LogP contribution in [-0.4, -0.2) is 50.5 Å². The highest BCUT2D eigenvalue weighted by atomic mass is 16.5. The van der Waals surface area contributed by atoms with Crippen LogP contribution in [0.3, 0.4) is 0 Å². The van der Waals surface area contributed by atoms with Gasteiger partial charge in [-0.05, 0) is 103 Å². The molecule has 0 bridgehead atoms. The molecule has 3 heteroatoms. The molecule has 0 aromatic heterocycles. The van der Waals surface area contributed by atoms with Crippen LogP contribution in [-0.2, 0) is 9.47 Å². The second-order valence-corrected chi connectivity index (χ2v) is 14.1. The Labute approximate surface area is 295 Å². The van der Waals surface area contributed by atoms with Crippen LogP contribution < -0.4 is 0 Å². The van der Waals surface area contributed by atoms with E-state index in [1.54, 1.807) is 0 Å². The lowest BCUT2D eigenvalue weighted by atomic mass is 10.1. The van der Waals surface area contributed by atoms with Crippen LogP contribution in [0, 0.1) is 0 Å². The third-order valence-electron chi connectivity index (χ3n) is 9.40. The molecule has 1 aliphatic rings. The first-order chi connectivity index (χ1) is 23.4. The van der Waals surface area contributed by atoms with Crippen LogP contribution in [0.2, 0.25) is 0 Å². The minimum absolute atomic E-state index is 0.232. The third kappa shape index (κ3) is 33.1. The van der Waals surface area contributed by atoms with Gasteiger partial charge >= 0.3 is 0 Å². The Hall–Kier alpha value is -1.16. The number of hydrogen-bond acceptors (Lipinski definition) is 3. The Morgan fingerprint density at radius 2 is 0.894 bits per heavy atom. The fourth-order valence-electron chi connectivity index (χ4n) is 6.33. The average Bonchev–Trinajstić information content (AvgIpc) is 3.09. The molecule has 0 aromatic carbocycles. The van der Waals surface area contributed by atoms with Gasteiger partial charge in [-0.3, -0.25) is 0 Å². The van der Waals surface area contributed by atoms with Crippen LogP contribution in [0.15, 0.2) is 48.6 Å². The molecule has 0 radical (unpaired) electrons. The molecular formula is C44H81NO2. The van der Waals surface area contributed by atoms with Crippen molar-refractivity contribution in [1.82, 2.24) is 4.90 Å². The first-order valence-electron chi connectivity index (χ1n) is 20.9. The normalized spacial score (nSPS) is 15.4. The molecule has 0 amide bonds. The van der Waals surface area contributed by atoms with Crippen molar-refractivity contribution < 1.29 is 9.47 Å². The van der Waals surface area contributed by atoms with Gasteiger partial charge in [0.1, 0.15) is 0 Å². The summed E-state index contributed by atoms with van der Waals surface area (Å²) in [6.07, 6.45) is 54.1. The van der Waals surface area contributed by atoms with E-state index in [0.29, 0.717) is 0 Å². The van der Waals surface area contributed by atoms with E-state index in [9.17, 15) is 0 Å². The van der Waals surface area contributed by atoms with E-state index in [1.807, 2.05) is 0 Å². The number of likely N-dealkylation sites (tertiary alicyclic amines) is 1. The van der Waals surface area contributed by atoms with Gasteiger partial charge in [0.15, 0.2) is 0 Å². The number of unbranched alkanes of at least 4 members (excludes halogenated alkanes) is 18. The van der Waals surface area contributed by atoms with E-state index in [4.69, 9.17) is 9.47 Å². The van der Waals surface area contributed by atoms with E-state index < -0.39 is 0 Å². The van der Waals surface area contributed by atoms with Crippen LogP contribution in [0.1, 0.15) is 187 Å². The molecule has 1 unspecified atom stereocenters. The van der Waals surface area contributed by atoms with E-state index >= 15 is 0 Å². The van der Waals surface area contributed by atoms with Crippen molar-refractivity contribution in [2.45, 2.75) is 193 Å². The quantitative estimate of drug-likeness (QED) is 0.0501. The topological polar surface area (TPSA) is 21.7 Å². The Bertz CT molecular complexity index is 720. The molecule has 0 aliphatic carbocycles. The highest BCUT2D eigenvalue weighted by molar-refractivity contribution is 4.93. The van der Waals surface area contributed by atoms with Gasteiger partial charge in [-0.2, -0.15) is 0 Å². The van der Waals surface area contributed by atoms with Crippen molar-refractivity contribution >= 4 is 0 Å². The predicted octanol–water partition coefficient (Wildman–Crippen LogP) is 13.5. The number of allylic oxidation sites excluding steroid dienone is 8. The van der Waals surface area contributed by atoms with Gasteiger partial charge in [-0.1, -0.05) is 146 Å². The maximum Gasteiger partial charge on any atom is 0.0934 e. The van der Waals surface area contributed by atoms with Gasteiger partial charge < -0.3 is 14.4 Å². The molecular weight excluding hydrogens is 574 g/mol. The minimum atomic E-state index is 0.232. The number of rotatable bonds is 35. The summed E-state index contributed by atoms with van der Waals surface area (Å²) in [6, 6.07) is 0. The van der Waals surface area contributed by atoms with Crippen molar-refractivity contribution in [1.29, 1.82) is 0 Å². The molecule has 274 valence electrons. The van der Waals surface area contributed by atoms with E-state index in [1.165, 1.54) is 174 Å². The molecule has 1 atom stereocenters. The first kappa shape index (κ1) is 43.9. The van der Waals surface area contributed by atoms with Crippen molar-refractivity contribution in [3.63, 3.8) is 0 Å². The Kier molecular flexibility index (Phi) is 35.1. The van der Waals surface area contributed by atoms with Gasteiger partial charge in [-0.25, -0.2) is 0 Å². The van der Waals surface area contributed by atoms with Gasteiger partial charge in [-0.15, -0.1) is 0 Å². The lowest BCUT2D eigenvalue weighted by molar-refractivity contribution is -0.0363.